The molecule has 0 aromatic rings. The van der Waals surface area contributed by atoms with Gasteiger partial charge in [-0.2, -0.15) is 0 Å². The predicted octanol–water partition coefficient (Wildman–Crippen LogP) is 3.02. The van der Waals surface area contributed by atoms with Gasteiger partial charge in [0, 0.05) is 0 Å². The van der Waals surface area contributed by atoms with Crippen molar-refractivity contribution >= 4 is 17.7 Å². The van der Waals surface area contributed by atoms with E-state index in [1.54, 1.807) is 11.8 Å². The molecule has 0 spiro atoms. The van der Waals surface area contributed by atoms with Crippen molar-refractivity contribution in [3.05, 3.63) is 0 Å². The van der Waals surface area contributed by atoms with Gasteiger partial charge in [0.15, 0.2) is 0 Å². The molecule has 0 saturated heterocycles. The van der Waals surface area contributed by atoms with Crippen LogP contribution in [0.25, 0.3) is 0 Å². The van der Waals surface area contributed by atoms with Gasteiger partial charge in [0.25, 0.3) is 0 Å². The molecule has 14 heavy (non-hydrogen) atoms. The van der Waals surface area contributed by atoms with Crippen molar-refractivity contribution in [2.45, 2.75) is 44.8 Å². The van der Waals surface area contributed by atoms with Gasteiger partial charge in [0.1, 0.15) is 5.25 Å². The van der Waals surface area contributed by atoms with E-state index in [1.165, 1.54) is 25.7 Å². The van der Waals surface area contributed by atoms with Crippen LogP contribution in [-0.2, 0) is 4.79 Å². The monoisotopic (exact) mass is 216 g/mol. The minimum absolute atomic E-state index is 0.212. The molecule has 0 aromatic carbocycles. The third-order valence-corrected chi connectivity index (χ3v) is 4.60. The highest BCUT2D eigenvalue weighted by Crippen LogP contribution is 2.31. The van der Waals surface area contributed by atoms with Crippen LogP contribution in [0.15, 0.2) is 0 Å². The van der Waals surface area contributed by atoms with Gasteiger partial charge in [0.05, 0.1) is 0 Å². The van der Waals surface area contributed by atoms with Crippen LogP contribution in [-0.4, -0.2) is 22.1 Å². The molecular weight excluding hydrogens is 196 g/mol. The first-order chi connectivity index (χ1) is 6.61. The Kier molecular flexibility index (Phi) is 4.79. The summed E-state index contributed by atoms with van der Waals surface area (Å²) in [5.41, 5.74) is 0. The number of aliphatic carboxylic acids is 1. The van der Waals surface area contributed by atoms with Crippen LogP contribution >= 0.6 is 11.8 Å². The molecule has 1 unspecified atom stereocenters. The molecule has 1 N–H and O–H groups in total. The predicted molar refractivity (Wildman–Crippen MR) is 60.7 cm³/mol. The Morgan fingerprint density at radius 2 is 2.00 bits per heavy atom. The Hall–Kier alpha value is -0.180. The average molecular weight is 216 g/mol. The zero-order valence-corrected chi connectivity index (χ0v) is 9.85. The van der Waals surface area contributed by atoms with Crippen LogP contribution < -0.4 is 0 Å². The van der Waals surface area contributed by atoms with Crippen LogP contribution in [0.3, 0.4) is 0 Å². The summed E-state index contributed by atoms with van der Waals surface area (Å²) in [6.07, 6.45) is 5.28. The second-order valence-corrected chi connectivity index (χ2v) is 5.66. The maximum Gasteiger partial charge on any atom is 0.316 e. The van der Waals surface area contributed by atoms with Gasteiger partial charge in [-0.3, -0.25) is 4.79 Å². The molecule has 1 fully saturated rings. The van der Waals surface area contributed by atoms with Gasteiger partial charge in [-0.1, -0.05) is 26.7 Å². The zero-order valence-electron chi connectivity index (χ0n) is 9.03. The van der Waals surface area contributed by atoms with Crippen molar-refractivity contribution in [2.24, 2.45) is 11.8 Å². The van der Waals surface area contributed by atoms with Gasteiger partial charge >= 0.3 is 5.97 Å². The molecule has 1 rings (SSSR count). The highest BCUT2D eigenvalue weighted by molar-refractivity contribution is 8.00. The Morgan fingerprint density at radius 3 is 2.43 bits per heavy atom. The highest BCUT2D eigenvalue weighted by Gasteiger charge is 2.24. The summed E-state index contributed by atoms with van der Waals surface area (Å²) in [4.78, 5) is 10.9. The van der Waals surface area contributed by atoms with Crippen molar-refractivity contribution < 1.29 is 9.90 Å². The molecule has 1 aliphatic carbocycles. The first-order valence-corrected chi connectivity index (χ1v) is 6.50. The molecule has 1 saturated carbocycles. The molecule has 0 aliphatic heterocycles. The van der Waals surface area contributed by atoms with Crippen LogP contribution in [0, 0.1) is 11.8 Å². The lowest BCUT2D eigenvalue weighted by molar-refractivity contribution is -0.137. The lowest BCUT2D eigenvalue weighted by atomic mass is 10.1. The number of hydrogen-bond acceptors (Lipinski definition) is 2. The normalized spacial score (nSPS) is 20.2. The van der Waals surface area contributed by atoms with Gasteiger partial charge < -0.3 is 5.11 Å². The topological polar surface area (TPSA) is 37.3 Å². The van der Waals surface area contributed by atoms with Crippen molar-refractivity contribution in [1.29, 1.82) is 0 Å². The third-order valence-electron chi connectivity index (χ3n) is 2.84. The first kappa shape index (κ1) is 11.9. The Morgan fingerprint density at radius 1 is 1.43 bits per heavy atom. The lowest BCUT2D eigenvalue weighted by Gasteiger charge is -2.17. The fourth-order valence-corrected chi connectivity index (χ4v) is 3.31. The zero-order chi connectivity index (χ0) is 10.6. The van der Waals surface area contributed by atoms with E-state index in [-0.39, 0.29) is 11.2 Å². The van der Waals surface area contributed by atoms with Crippen LogP contribution in [0.5, 0.6) is 0 Å². The summed E-state index contributed by atoms with van der Waals surface area (Å²) >= 11 is 1.64. The number of carboxylic acid groups (broad SMARTS) is 1. The van der Waals surface area contributed by atoms with E-state index in [9.17, 15) is 4.79 Å². The molecule has 1 aliphatic rings. The SMILES string of the molecule is CC(C)C(SCC1CCCC1)C(=O)O. The van der Waals surface area contributed by atoms with Crippen molar-refractivity contribution in [3.63, 3.8) is 0 Å². The van der Waals surface area contributed by atoms with E-state index >= 15 is 0 Å². The van der Waals surface area contributed by atoms with Crippen molar-refractivity contribution in [3.8, 4) is 0 Å². The largest absolute Gasteiger partial charge is 0.480 e. The van der Waals surface area contributed by atoms with E-state index < -0.39 is 5.97 Å². The maximum atomic E-state index is 10.9. The second-order valence-electron chi connectivity index (χ2n) is 4.49. The van der Waals surface area contributed by atoms with E-state index in [2.05, 4.69) is 0 Å². The summed E-state index contributed by atoms with van der Waals surface area (Å²) in [5, 5.41) is 8.78. The Bertz CT molecular complexity index is 186. The van der Waals surface area contributed by atoms with Gasteiger partial charge in [-0.05, 0) is 30.4 Å². The van der Waals surface area contributed by atoms with Crippen molar-refractivity contribution in [2.75, 3.05) is 5.75 Å². The molecule has 0 heterocycles. The number of thioether (sulfide) groups is 1. The summed E-state index contributed by atoms with van der Waals surface area (Å²) < 4.78 is 0. The van der Waals surface area contributed by atoms with Gasteiger partial charge in [-0.15, -0.1) is 11.8 Å². The Labute approximate surface area is 90.5 Å². The van der Waals surface area contributed by atoms with E-state index in [0.717, 1.165) is 11.7 Å². The number of carbonyl (C=O) groups is 1. The van der Waals surface area contributed by atoms with E-state index in [4.69, 9.17) is 5.11 Å². The first-order valence-electron chi connectivity index (χ1n) is 5.45. The summed E-state index contributed by atoms with van der Waals surface area (Å²) in [5.74, 6) is 1.40. The van der Waals surface area contributed by atoms with Gasteiger partial charge in [0.2, 0.25) is 0 Å². The standard InChI is InChI=1S/C11H20O2S/c1-8(2)10(11(12)13)14-7-9-5-3-4-6-9/h8-10H,3-7H2,1-2H3,(H,12,13). The number of rotatable bonds is 5. The molecule has 82 valence electrons. The smallest absolute Gasteiger partial charge is 0.316 e. The molecule has 2 nitrogen and oxygen atoms in total. The summed E-state index contributed by atoms with van der Waals surface area (Å²) in [7, 11) is 0. The number of carboxylic acids is 1. The molecule has 1 atom stereocenters. The molecule has 0 aromatic heterocycles. The van der Waals surface area contributed by atoms with Crippen LogP contribution in [0.2, 0.25) is 0 Å². The maximum absolute atomic E-state index is 10.9. The highest BCUT2D eigenvalue weighted by atomic mass is 32.2. The van der Waals surface area contributed by atoms with Gasteiger partial charge in [-0.25, -0.2) is 0 Å². The lowest BCUT2D eigenvalue weighted by Crippen LogP contribution is -2.23. The van der Waals surface area contributed by atoms with Crippen molar-refractivity contribution in [1.82, 2.24) is 0 Å². The second kappa shape index (κ2) is 5.64. The third kappa shape index (κ3) is 3.52. The van der Waals surface area contributed by atoms with Crippen LogP contribution in [0.1, 0.15) is 39.5 Å². The molecule has 3 heteroatoms. The quantitative estimate of drug-likeness (QED) is 0.767. The molecular formula is C11H20O2S. The molecule has 0 radical (unpaired) electrons. The fourth-order valence-electron chi connectivity index (χ4n) is 1.97. The van der Waals surface area contributed by atoms with E-state index in [0.29, 0.717) is 0 Å². The summed E-state index contributed by atoms with van der Waals surface area (Å²) in [6, 6.07) is 0. The minimum Gasteiger partial charge on any atom is -0.480 e. The number of hydrogen-bond donors (Lipinski definition) is 1. The average Bonchev–Trinajstić information content (AvgIpc) is 2.55. The fraction of sp³-hybridized carbons (Fsp3) is 0.909. The Balaban J connectivity index is 2.28. The summed E-state index contributed by atoms with van der Waals surface area (Å²) in [6.45, 7) is 3.97. The molecule has 0 bridgehead atoms. The van der Waals surface area contributed by atoms with E-state index in [1.807, 2.05) is 13.8 Å². The van der Waals surface area contributed by atoms with Crippen LogP contribution in [0.4, 0.5) is 0 Å². The molecule has 0 amide bonds. The minimum atomic E-state index is -0.650.